The number of rotatable bonds is 7. The molecule has 1 aromatic heterocycles. The van der Waals surface area contributed by atoms with Gasteiger partial charge in [0.2, 0.25) is 0 Å². The third-order valence-electron chi connectivity index (χ3n) is 3.99. The summed E-state index contributed by atoms with van der Waals surface area (Å²) in [5.41, 5.74) is 0. The summed E-state index contributed by atoms with van der Waals surface area (Å²) in [6, 6.07) is 0.684. The molecule has 0 bridgehead atoms. The van der Waals surface area contributed by atoms with Crippen molar-refractivity contribution < 1.29 is 0 Å². The summed E-state index contributed by atoms with van der Waals surface area (Å²) in [4.78, 5) is 4.47. The maximum atomic E-state index is 4.47. The summed E-state index contributed by atoms with van der Waals surface area (Å²) in [6.07, 6.45) is 8.01. The molecule has 1 aliphatic carbocycles. The van der Waals surface area contributed by atoms with Crippen LogP contribution < -0.4 is 5.32 Å². The standard InChI is InChI=1S/C15H28N4/c1-4-8-16-14-7-5-6-13(14)9-15-17-11-18-19(15)10-12(2)3/h11-14,16H,4-10H2,1-3H3. The van der Waals surface area contributed by atoms with Crippen LogP contribution >= 0.6 is 0 Å². The van der Waals surface area contributed by atoms with Gasteiger partial charge in [-0.05, 0) is 37.6 Å². The predicted molar refractivity (Wildman–Crippen MR) is 78.0 cm³/mol. The van der Waals surface area contributed by atoms with Crippen LogP contribution in [-0.2, 0) is 13.0 Å². The van der Waals surface area contributed by atoms with E-state index in [1.807, 2.05) is 0 Å². The molecule has 0 aromatic carbocycles. The van der Waals surface area contributed by atoms with E-state index in [1.54, 1.807) is 6.33 Å². The maximum absolute atomic E-state index is 4.47. The Labute approximate surface area is 117 Å². The van der Waals surface area contributed by atoms with Crippen molar-refractivity contribution in [3.63, 3.8) is 0 Å². The molecular formula is C15H28N4. The molecule has 1 fully saturated rings. The molecule has 0 spiro atoms. The van der Waals surface area contributed by atoms with Crippen molar-refractivity contribution in [1.29, 1.82) is 0 Å². The Morgan fingerprint density at radius 3 is 3.00 bits per heavy atom. The SMILES string of the molecule is CCCNC1CCCC1Cc1ncnn1CC(C)C. The number of nitrogens with one attached hydrogen (secondary N) is 1. The second-order valence-corrected chi connectivity index (χ2v) is 6.21. The first-order chi connectivity index (χ1) is 9.20. The highest BCUT2D eigenvalue weighted by molar-refractivity contribution is 4.94. The van der Waals surface area contributed by atoms with Crippen molar-refractivity contribution in [3.8, 4) is 0 Å². The van der Waals surface area contributed by atoms with Crippen LogP contribution in [0.25, 0.3) is 0 Å². The second kappa shape index (κ2) is 7.04. The number of nitrogens with zero attached hydrogens (tertiary/aromatic N) is 3. The first-order valence-corrected chi connectivity index (χ1v) is 7.80. The van der Waals surface area contributed by atoms with Crippen molar-refractivity contribution in [2.45, 2.75) is 65.5 Å². The summed E-state index contributed by atoms with van der Waals surface area (Å²) in [5.74, 6) is 2.53. The van der Waals surface area contributed by atoms with Crippen LogP contribution in [0.2, 0.25) is 0 Å². The fourth-order valence-electron chi connectivity index (χ4n) is 3.06. The smallest absolute Gasteiger partial charge is 0.138 e. The van der Waals surface area contributed by atoms with Gasteiger partial charge in [0.1, 0.15) is 12.2 Å². The molecule has 4 heteroatoms. The Morgan fingerprint density at radius 2 is 2.26 bits per heavy atom. The van der Waals surface area contributed by atoms with E-state index in [0.717, 1.165) is 25.4 Å². The zero-order chi connectivity index (χ0) is 13.7. The van der Waals surface area contributed by atoms with Gasteiger partial charge in [0.05, 0.1) is 0 Å². The Kier molecular flexibility index (Phi) is 5.37. The molecule has 108 valence electrons. The van der Waals surface area contributed by atoms with Gasteiger partial charge in [0.15, 0.2) is 0 Å². The highest BCUT2D eigenvalue weighted by Crippen LogP contribution is 2.28. The Hall–Kier alpha value is -0.900. The molecular weight excluding hydrogens is 236 g/mol. The van der Waals surface area contributed by atoms with Gasteiger partial charge in [-0.25, -0.2) is 9.67 Å². The number of aromatic nitrogens is 3. The van der Waals surface area contributed by atoms with Crippen molar-refractivity contribution in [3.05, 3.63) is 12.2 Å². The highest BCUT2D eigenvalue weighted by Gasteiger charge is 2.28. The third kappa shape index (κ3) is 4.03. The van der Waals surface area contributed by atoms with Crippen molar-refractivity contribution in [2.24, 2.45) is 11.8 Å². The van der Waals surface area contributed by atoms with E-state index in [4.69, 9.17) is 0 Å². The van der Waals surface area contributed by atoms with Gasteiger partial charge in [0, 0.05) is 19.0 Å². The molecule has 4 nitrogen and oxygen atoms in total. The summed E-state index contributed by atoms with van der Waals surface area (Å²) in [6.45, 7) is 8.81. The van der Waals surface area contributed by atoms with Gasteiger partial charge < -0.3 is 5.32 Å². The summed E-state index contributed by atoms with van der Waals surface area (Å²) in [5, 5.41) is 8.07. The number of hydrogen-bond acceptors (Lipinski definition) is 3. The Bertz CT molecular complexity index is 372. The summed E-state index contributed by atoms with van der Waals surface area (Å²) >= 11 is 0. The van der Waals surface area contributed by atoms with Gasteiger partial charge in [0.25, 0.3) is 0 Å². The van der Waals surface area contributed by atoms with Crippen molar-refractivity contribution >= 4 is 0 Å². The first-order valence-electron chi connectivity index (χ1n) is 7.80. The second-order valence-electron chi connectivity index (χ2n) is 6.21. The lowest BCUT2D eigenvalue weighted by atomic mass is 9.99. The van der Waals surface area contributed by atoms with Crippen LogP contribution in [0.4, 0.5) is 0 Å². The van der Waals surface area contributed by atoms with Crippen LogP contribution in [0, 0.1) is 11.8 Å². The van der Waals surface area contributed by atoms with E-state index >= 15 is 0 Å². The minimum absolute atomic E-state index is 0.623. The highest BCUT2D eigenvalue weighted by atomic mass is 15.3. The molecule has 1 saturated carbocycles. The monoisotopic (exact) mass is 264 g/mol. The third-order valence-corrected chi connectivity index (χ3v) is 3.99. The van der Waals surface area contributed by atoms with E-state index in [-0.39, 0.29) is 0 Å². The lowest BCUT2D eigenvalue weighted by Gasteiger charge is -2.21. The first kappa shape index (κ1) is 14.5. The normalized spacial score (nSPS) is 23.4. The minimum Gasteiger partial charge on any atom is -0.314 e. The summed E-state index contributed by atoms with van der Waals surface area (Å²) < 4.78 is 2.10. The van der Waals surface area contributed by atoms with Crippen LogP contribution in [0.3, 0.4) is 0 Å². The molecule has 2 rings (SSSR count). The molecule has 2 unspecified atom stereocenters. The molecule has 0 aliphatic heterocycles. The van der Waals surface area contributed by atoms with Crippen molar-refractivity contribution in [2.75, 3.05) is 6.54 Å². The van der Waals surface area contributed by atoms with E-state index in [0.29, 0.717) is 12.0 Å². The van der Waals surface area contributed by atoms with Crippen LogP contribution in [0.15, 0.2) is 6.33 Å². The van der Waals surface area contributed by atoms with Gasteiger partial charge in [-0.15, -0.1) is 0 Å². The lowest BCUT2D eigenvalue weighted by Crippen LogP contribution is -2.34. The van der Waals surface area contributed by atoms with Gasteiger partial charge in [-0.1, -0.05) is 27.2 Å². The van der Waals surface area contributed by atoms with Crippen LogP contribution in [-0.4, -0.2) is 27.4 Å². The molecule has 1 N–H and O–H groups in total. The van der Waals surface area contributed by atoms with E-state index < -0.39 is 0 Å². The minimum atomic E-state index is 0.623. The quantitative estimate of drug-likeness (QED) is 0.823. The topological polar surface area (TPSA) is 42.7 Å². The average Bonchev–Trinajstić information content (AvgIpc) is 2.97. The van der Waals surface area contributed by atoms with E-state index in [2.05, 4.69) is 40.9 Å². The van der Waals surface area contributed by atoms with Gasteiger partial charge in [-0.2, -0.15) is 5.10 Å². The molecule has 0 saturated heterocycles. The molecule has 0 radical (unpaired) electrons. The molecule has 1 aromatic rings. The molecule has 19 heavy (non-hydrogen) atoms. The molecule has 1 aliphatic rings. The zero-order valence-corrected chi connectivity index (χ0v) is 12.6. The number of hydrogen-bond donors (Lipinski definition) is 1. The lowest BCUT2D eigenvalue weighted by molar-refractivity contribution is 0.377. The molecule has 0 amide bonds. The zero-order valence-electron chi connectivity index (χ0n) is 12.6. The van der Waals surface area contributed by atoms with E-state index in [1.165, 1.54) is 31.5 Å². The fourth-order valence-corrected chi connectivity index (χ4v) is 3.06. The van der Waals surface area contributed by atoms with Gasteiger partial charge in [-0.3, -0.25) is 0 Å². The van der Waals surface area contributed by atoms with Crippen LogP contribution in [0.1, 0.15) is 52.3 Å². The maximum Gasteiger partial charge on any atom is 0.138 e. The summed E-state index contributed by atoms with van der Waals surface area (Å²) in [7, 11) is 0. The van der Waals surface area contributed by atoms with E-state index in [9.17, 15) is 0 Å². The Balaban J connectivity index is 1.94. The Morgan fingerprint density at radius 1 is 1.42 bits per heavy atom. The molecule has 1 heterocycles. The van der Waals surface area contributed by atoms with Gasteiger partial charge >= 0.3 is 0 Å². The van der Waals surface area contributed by atoms with Crippen molar-refractivity contribution in [1.82, 2.24) is 20.1 Å². The van der Waals surface area contributed by atoms with Crippen LogP contribution in [0.5, 0.6) is 0 Å². The average molecular weight is 264 g/mol. The molecule has 2 atom stereocenters. The largest absolute Gasteiger partial charge is 0.314 e. The fraction of sp³-hybridized carbons (Fsp3) is 0.867. The predicted octanol–water partition coefficient (Wildman–Crippen LogP) is 2.64.